The minimum Gasteiger partial charge on any atom is -0.497 e. The molecule has 104 valence electrons. The van der Waals surface area contributed by atoms with Crippen LogP contribution < -0.4 is 11.3 Å². The third-order valence-corrected chi connectivity index (χ3v) is 3.76. The number of hydrogen-bond donors (Lipinski definition) is 2. The summed E-state index contributed by atoms with van der Waals surface area (Å²) in [6, 6.07) is 15.0. The van der Waals surface area contributed by atoms with Crippen molar-refractivity contribution in [1.82, 2.24) is 5.43 Å². The number of hydrogen-bond acceptors (Lipinski definition) is 3. The molecule has 3 heteroatoms. The predicted octanol–water partition coefficient (Wildman–Crippen LogP) is 2.91. The van der Waals surface area contributed by atoms with Crippen molar-refractivity contribution in [2.45, 2.75) is 25.3 Å². The fraction of sp³-hybridized carbons (Fsp3) is 0.294. The number of nitrogens with one attached hydrogen (secondary N) is 1. The van der Waals surface area contributed by atoms with Gasteiger partial charge in [-0.2, -0.15) is 0 Å². The molecule has 20 heavy (non-hydrogen) atoms. The van der Waals surface area contributed by atoms with Gasteiger partial charge in [0.15, 0.2) is 0 Å². The minimum absolute atomic E-state index is 0.0523. The van der Waals surface area contributed by atoms with Crippen LogP contribution in [0.25, 0.3) is 10.8 Å². The van der Waals surface area contributed by atoms with Gasteiger partial charge in [-0.15, -0.1) is 0 Å². The highest BCUT2D eigenvalue weighted by atomic mass is 16.5. The van der Waals surface area contributed by atoms with E-state index in [0.29, 0.717) is 0 Å². The average molecular weight is 268 g/mol. The van der Waals surface area contributed by atoms with Gasteiger partial charge in [0.25, 0.3) is 0 Å². The Labute approximate surface area is 119 Å². The second kappa shape index (κ2) is 6.07. The molecule has 3 N–H and O–H groups in total. The molecule has 0 bridgehead atoms. The first-order valence-corrected chi connectivity index (χ1v) is 7.13. The molecule has 1 heterocycles. The van der Waals surface area contributed by atoms with E-state index in [1.165, 1.54) is 16.3 Å². The van der Waals surface area contributed by atoms with Crippen LogP contribution >= 0.6 is 0 Å². The van der Waals surface area contributed by atoms with Crippen molar-refractivity contribution >= 4 is 10.8 Å². The van der Waals surface area contributed by atoms with Crippen LogP contribution in [0, 0.1) is 0 Å². The van der Waals surface area contributed by atoms with Crippen LogP contribution in [0.3, 0.4) is 0 Å². The summed E-state index contributed by atoms with van der Waals surface area (Å²) in [5.74, 6) is 6.67. The Bertz CT molecular complexity index is 621. The van der Waals surface area contributed by atoms with E-state index in [0.717, 1.165) is 31.6 Å². The molecule has 0 aliphatic carbocycles. The number of hydrazine groups is 1. The van der Waals surface area contributed by atoms with E-state index in [1.807, 2.05) is 0 Å². The van der Waals surface area contributed by atoms with Crippen LogP contribution in [0.2, 0.25) is 0 Å². The first kappa shape index (κ1) is 13.2. The zero-order valence-electron chi connectivity index (χ0n) is 11.5. The van der Waals surface area contributed by atoms with Crippen LogP contribution in [0.1, 0.15) is 18.4 Å². The fourth-order valence-electron chi connectivity index (χ4n) is 2.66. The lowest BCUT2D eigenvalue weighted by Gasteiger charge is -2.23. The number of fused-ring (bicyclic) bond motifs is 1. The summed E-state index contributed by atoms with van der Waals surface area (Å²) in [5.41, 5.74) is 4.14. The minimum atomic E-state index is 0.0523. The lowest BCUT2D eigenvalue weighted by atomic mass is 10.00. The highest BCUT2D eigenvalue weighted by molar-refractivity contribution is 5.83. The Hall–Kier alpha value is -1.84. The topological polar surface area (TPSA) is 47.3 Å². The van der Waals surface area contributed by atoms with Gasteiger partial charge in [-0.1, -0.05) is 42.5 Å². The van der Waals surface area contributed by atoms with Gasteiger partial charge in [-0.3, -0.25) is 5.84 Å². The van der Waals surface area contributed by atoms with Crippen LogP contribution in [-0.2, 0) is 11.2 Å². The van der Waals surface area contributed by atoms with Crippen molar-refractivity contribution in [3.8, 4) is 0 Å². The molecule has 1 atom stereocenters. The van der Waals surface area contributed by atoms with E-state index in [9.17, 15) is 0 Å². The fourth-order valence-corrected chi connectivity index (χ4v) is 2.66. The van der Waals surface area contributed by atoms with Crippen LogP contribution in [-0.4, -0.2) is 12.6 Å². The highest BCUT2D eigenvalue weighted by Crippen LogP contribution is 2.20. The Morgan fingerprint density at radius 3 is 2.75 bits per heavy atom. The standard InChI is InChI=1S/C17H20N2O/c18-19-16(17-7-3-4-10-20-17)12-13-8-9-14-5-1-2-6-15(14)11-13/h1-2,5-9,11,16,19H,3-4,10,12,18H2. The van der Waals surface area contributed by atoms with Gasteiger partial charge in [-0.25, -0.2) is 5.43 Å². The Balaban J connectivity index is 1.81. The first-order chi connectivity index (χ1) is 9.86. The van der Waals surface area contributed by atoms with Gasteiger partial charge in [0.1, 0.15) is 5.76 Å². The van der Waals surface area contributed by atoms with Gasteiger partial charge in [0.05, 0.1) is 12.6 Å². The average Bonchev–Trinajstić information content (AvgIpc) is 2.53. The Kier molecular flexibility index (Phi) is 4.00. The normalized spacial score (nSPS) is 16.6. The molecule has 3 nitrogen and oxygen atoms in total. The maximum atomic E-state index is 5.71. The summed E-state index contributed by atoms with van der Waals surface area (Å²) >= 11 is 0. The van der Waals surface area contributed by atoms with Gasteiger partial charge < -0.3 is 4.74 Å². The van der Waals surface area contributed by atoms with E-state index in [1.54, 1.807) is 0 Å². The van der Waals surface area contributed by atoms with E-state index in [4.69, 9.17) is 10.6 Å². The molecule has 0 fully saturated rings. The number of nitrogens with two attached hydrogens (primary N) is 1. The van der Waals surface area contributed by atoms with Crippen molar-refractivity contribution in [2.24, 2.45) is 5.84 Å². The monoisotopic (exact) mass is 268 g/mol. The SMILES string of the molecule is NNC(Cc1ccc2ccccc2c1)C1=CCCCO1. The van der Waals surface area contributed by atoms with E-state index >= 15 is 0 Å². The molecule has 2 aromatic rings. The predicted molar refractivity (Wildman–Crippen MR) is 82.0 cm³/mol. The van der Waals surface area contributed by atoms with Crippen molar-refractivity contribution < 1.29 is 4.74 Å². The third-order valence-electron chi connectivity index (χ3n) is 3.76. The van der Waals surface area contributed by atoms with Gasteiger partial charge in [-0.05, 0) is 41.7 Å². The van der Waals surface area contributed by atoms with Crippen molar-refractivity contribution in [3.05, 3.63) is 59.9 Å². The first-order valence-electron chi connectivity index (χ1n) is 7.13. The highest BCUT2D eigenvalue weighted by Gasteiger charge is 2.17. The molecule has 0 spiro atoms. The quantitative estimate of drug-likeness (QED) is 0.662. The number of rotatable bonds is 4. The molecule has 3 rings (SSSR count). The molecule has 0 amide bonds. The summed E-state index contributed by atoms with van der Waals surface area (Å²) < 4.78 is 5.71. The number of benzene rings is 2. The molecule has 0 radical (unpaired) electrons. The van der Waals surface area contributed by atoms with Crippen LogP contribution in [0.5, 0.6) is 0 Å². The van der Waals surface area contributed by atoms with Gasteiger partial charge in [0, 0.05) is 0 Å². The van der Waals surface area contributed by atoms with Crippen LogP contribution in [0.15, 0.2) is 54.3 Å². The summed E-state index contributed by atoms with van der Waals surface area (Å²) in [4.78, 5) is 0. The van der Waals surface area contributed by atoms with E-state index in [2.05, 4.69) is 54.0 Å². The molecular weight excluding hydrogens is 248 g/mol. The van der Waals surface area contributed by atoms with E-state index in [-0.39, 0.29) is 6.04 Å². The zero-order chi connectivity index (χ0) is 13.8. The lowest BCUT2D eigenvalue weighted by molar-refractivity contribution is 0.167. The molecule has 1 aliphatic rings. The van der Waals surface area contributed by atoms with Crippen molar-refractivity contribution in [3.63, 3.8) is 0 Å². The van der Waals surface area contributed by atoms with Crippen molar-refractivity contribution in [2.75, 3.05) is 6.61 Å². The summed E-state index contributed by atoms with van der Waals surface area (Å²) in [7, 11) is 0. The molecule has 1 aliphatic heterocycles. The molecular formula is C17H20N2O. The van der Waals surface area contributed by atoms with Gasteiger partial charge in [0.2, 0.25) is 0 Å². The second-order valence-electron chi connectivity index (χ2n) is 5.20. The third kappa shape index (κ3) is 2.84. The Morgan fingerprint density at radius 2 is 2.00 bits per heavy atom. The molecule has 0 aromatic heterocycles. The summed E-state index contributed by atoms with van der Waals surface area (Å²) in [6.07, 6.45) is 5.16. The number of allylic oxidation sites excluding steroid dienone is 1. The largest absolute Gasteiger partial charge is 0.497 e. The van der Waals surface area contributed by atoms with Crippen LogP contribution in [0.4, 0.5) is 0 Å². The maximum Gasteiger partial charge on any atom is 0.111 e. The molecule has 0 saturated carbocycles. The zero-order valence-corrected chi connectivity index (χ0v) is 11.5. The van der Waals surface area contributed by atoms with Gasteiger partial charge >= 0.3 is 0 Å². The maximum absolute atomic E-state index is 5.71. The van der Waals surface area contributed by atoms with E-state index < -0.39 is 0 Å². The molecule has 2 aromatic carbocycles. The lowest BCUT2D eigenvalue weighted by Crippen LogP contribution is -2.39. The number of ether oxygens (including phenoxy) is 1. The smallest absolute Gasteiger partial charge is 0.111 e. The summed E-state index contributed by atoms with van der Waals surface area (Å²) in [6.45, 7) is 0.793. The molecule has 1 unspecified atom stereocenters. The Morgan fingerprint density at radius 1 is 1.15 bits per heavy atom. The molecule has 0 saturated heterocycles. The second-order valence-corrected chi connectivity index (χ2v) is 5.20. The van der Waals surface area contributed by atoms with Crippen molar-refractivity contribution in [1.29, 1.82) is 0 Å². The summed E-state index contributed by atoms with van der Waals surface area (Å²) in [5, 5.41) is 2.53.